The molecule has 1 nitrogen and oxygen atoms in total. The van der Waals surface area contributed by atoms with Crippen LogP contribution >= 0.6 is 0 Å². The Morgan fingerprint density at radius 1 is 1.11 bits per heavy atom. The average Bonchev–Trinajstić information content (AvgIpc) is 2.31. The van der Waals surface area contributed by atoms with Gasteiger partial charge in [0, 0.05) is 6.42 Å². The summed E-state index contributed by atoms with van der Waals surface area (Å²) in [7, 11) is 0. The highest BCUT2D eigenvalue weighted by Crippen LogP contribution is 2.32. The van der Waals surface area contributed by atoms with Crippen molar-refractivity contribution < 1.29 is 9.13 Å². The predicted octanol–water partition coefficient (Wildman–Crippen LogP) is 4.85. The zero-order valence-electron chi connectivity index (χ0n) is 11.2. The van der Waals surface area contributed by atoms with E-state index < -0.39 is 0 Å². The maximum absolute atomic E-state index is 12.8. The summed E-state index contributed by atoms with van der Waals surface area (Å²) in [4.78, 5) is 0. The van der Waals surface area contributed by atoms with Crippen molar-refractivity contribution in [3.63, 3.8) is 0 Å². The second-order valence-electron chi connectivity index (χ2n) is 5.61. The van der Waals surface area contributed by atoms with Crippen LogP contribution in [0.3, 0.4) is 0 Å². The Labute approximate surface area is 108 Å². The van der Waals surface area contributed by atoms with Crippen LogP contribution < -0.4 is 4.74 Å². The topological polar surface area (TPSA) is 9.23 Å². The Morgan fingerprint density at radius 3 is 2.39 bits per heavy atom. The molecule has 1 aromatic carbocycles. The van der Waals surface area contributed by atoms with Crippen molar-refractivity contribution in [2.45, 2.75) is 33.6 Å². The largest absolute Gasteiger partial charge is 0.462 e. The highest BCUT2D eigenvalue weighted by molar-refractivity contribution is 5.32. The first-order chi connectivity index (χ1) is 8.45. The van der Waals surface area contributed by atoms with E-state index in [9.17, 15) is 4.39 Å². The molecule has 0 atom stereocenters. The molecule has 0 heterocycles. The van der Waals surface area contributed by atoms with Gasteiger partial charge in [0.1, 0.15) is 17.3 Å². The van der Waals surface area contributed by atoms with Gasteiger partial charge in [-0.15, -0.1) is 0 Å². The van der Waals surface area contributed by atoms with Crippen LogP contribution in [0, 0.1) is 11.2 Å². The second-order valence-corrected chi connectivity index (χ2v) is 5.61. The summed E-state index contributed by atoms with van der Waals surface area (Å²) in [5, 5.41) is 0. The zero-order valence-corrected chi connectivity index (χ0v) is 11.2. The Morgan fingerprint density at radius 2 is 1.78 bits per heavy atom. The number of ether oxygens (including phenoxy) is 1. The molecule has 0 fully saturated rings. The van der Waals surface area contributed by atoms with Gasteiger partial charge in [-0.2, -0.15) is 0 Å². The normalized spacial score (nSPS) is 16.0. The molecular formula is C16H19FO. The number of hydrogen-bond donors (Lipinski definition) is 0. The number of hydrogen-bond acceptors (Lipinski definition) is 1. The van der Waals surface area contributed by atoms with Gasteiger partial charge in [0.25, 0.3) is 0 Å². The van der Waals surface area contributed by atoms with Crippen molar-refractivity contribution in [1.82, 2.24) is 0 Å². The molecule has 0 aliphatic heterocycles. The van der Waals surface area contributed by atoms with Gasteiger partial charge in [-0.05, 0) is 47.8 Å². The number of allylic oxidation sites excluding steroid dienone is 4. The average molecular weight is 246 g/mol. The molecule has 0 unspecified atom stereocenters. The summed E-state index contributed by atoms with van der Waals surface area (Å²) in [6.45, 7) is 6.57. The summed E-state index contributed by atoms with van der Waals surface area (Å²) in [5.41, 5.74) is 1.43. The van der Waals surface area contributed by atoms with E-state index in [0.29, 0.717) is 5.75 Å². The Kier molecular flexibility index (Phi) is 3.55. The lowest BCUT2D eigenvalue weighted by Gasteiger charge is -2.24. The fraction of sp³-hybridized carbons (Fsp3) is 0.375. The third-order valence-corrected chi connectivity index (χ3v) is 3.00. The smallest absolute Gasteiger partial charge is 0.127 e. The van der Waals surface area contributed by atoms with E-state index >= 15 is 0 Å². The van der Waals surface area contributed by atoms with Gasteiger partial charge in [0.05, 0.1) is 0 Å². The van der Waals surface area contributed by atoms with Crippen molar-refractivity contribution in [2.75, 3.05) is 0 Å². The summed E-state index contributed by atoms with van der Waals surface area (Å²) in [6.07, 6.45) is 6.26. The minimum absolute atomic E-state index is 0.137. The van der Waals surface area contributed by atoms with Crippen LogP contribution in [0.4, 0.5) is 4.39 Å². The molecule has 0 N–H and O–H groups in total. The molecule has 2 heteroatoms. The van der Waals surface area contributed by atoms with Crippen molar-refractivity contribution in [2.24, 2.45) is 5.41 Å². The fourth-order valence-corrected chi connectivity index (χ4v) is 1.93. The molecule has 2 rings (SSSR count). The molecular weight excluding hydrogens is 227 g/mol. The van der Waals surface area contributed by atoms with E-state index in [-0.39, 0.29) is 11.2 Å². The lowest BCUT2D eigenvalue weighted by atomic mass is 9.83. The summed E-state index contributed by atoms with van der Waals surface area (Å²) in [5.74, 6) is 1.40. The first-order valence-corrected chi connectivity index (χ1v) is 6.30. The van der Waals surface area contributed by atoms with Crippen molar-refractivity contribution >= 4 is 0 Å². The SMILES string of the molecule is CC(C)(C)C1=CCCC(Oc2ccc(F)cc2)=C1. The Balaban J connectivity index is 2.13. The molecule has 0 bridgehead atoms. The molecule has 0 amide bonds. The van der Waals surface area contributed by atoms with Crippen molar-refractivity contribution in [1.29, 1.82) is 0 Å². The second kappa shape index (κ2) is 4.97. The van der Waals surface area contributed by atoms with Gasteiger partial charge in [0.15, 0.2) is 0 Å². The van der Waals surface area contributed by atoms with E-state index in [1.807, 2.05) is 0 Å². The minimum Gasteiger partial charge on any atom is -0.462 e. The molecule has 1 aromatic rings. The van der Waals surface area contributed by atoms with Crippen LogP contribution in [0.15, 0.2) is 47.7 Å². The van der Waals surface area contributed by atoms with Crippen LogP contribution in [0.2, 0.25) is 0 Å². The maximum Gasteiger partial charge on any atom is 0.127 e. The third-order valence-electron chi connectivity index (χ3n) is 3.00. The van der Waals surface area contributed by atoms with Gasteiger partial charge >= 0.3 is 0 Å². The Hall–Kier alpha value is -1.57. The van der Waals surface area contributed by atoms with Gasteiger partial charge in [-0.3, -0.25) is 0 Å². The molecule has 0 saturated heterocycles. The van der Waals surface area contributed by atoms with Gasteiger partial charge in [-0.25, -0.2) is 4.39 Å². The van der Waals surface area contributed by atoms with Crippen LogP contribution in [0.5, 0.6) is 5.75 Å². The number of halogens is 1. The van der Waals surface area contributed by atoms with Gasteiger partial charge in [0.2, 0.25) is 0 Å². The van der Waals surface area contributed by atoms with E-state index in [4.69, 9.17) is 4.74 Å². The molecule has 0 radical (unpaired) electrons. The maximum atomic E-state index is 12.8. The fourth-order valence-electron chi connectivity index (χ4n) is 1.93. The summed E-state index contributed by atoms with van der Waals surface area (Å²) in [6, 6.07) is 6.15. The van der Waals surface area contributed by atoms with Crippen LogP contribution in [-0.4, -0.2) is 0 Å². The van der Waals surface area contributed by atoms with E-state index in [0.717, 1.165) is 18.6 Å². The molecule has 18 heavy (non-hydrogen) atoms. The monoisotopic (exact) mass is 246 g/mol. The first kappa shape index (κ1) is 12.9. The van der Waals surface area contributed by atoms with Crippen molar-refractivity contribution in [3.8, 4) is 5.75 Å². The van der Waals surface area contributed by atoms with Crippen molar-refractivity contribution in [3.05, 3.63) is 53.6 Å². The molecule has 0 spiro atoms. The number of benzene rings is 1. The lowest BCUT2D eigenvalue weighted by molar-refractivity contribution is 0.393. The quantitative estimate of drug-likeness (QED) is 0.724. The van der Waals surface area contributed by atoms with Crippen LogP contribution in [-0.2, 0) is 0 Å². The summed E-state index contributed by atoms with van der Waals surface area (Å²) < 4.78 is 18.6. The van der Waals surface area contributed by atoms with Gasteiger partial charge in [-0.1, -0.05) is 26.8 Å². The Bertz CT molecular complexity index is 475. The molecule has 1 aliphatic carbocycles. The molecule has 0 saturated carbocycles. The number of rotatable bonds is 2. The highest BCUT2D eigenvalue weighted by Gasteiger charge is 2.18. The predicted molar refractivity (Wildman–Crippen MR) is 71.9 cm³/mol. The van der Waals surface area contributed by atoms with E-state index in [2.05, 4.69) is 32.9 Å². The highest BCUT2D eigenvalue weighted by atomic mass is 19.1. The van der Waals surface area contributed by atoms with Crippen LogP contribution in [0.25, 0.3) is 0 Å². The third kappa shape index (κ3) is 3.22. The molecule has 96 valence electrons. The lowest BCUT2D eigenvalue weighted by Crippen LogP contribution is -2.11. The zero-order chi connectivity index (χ0) is 13.2. The van der Waals surface area contributed by atoms with Gasteiger partial charge < -0.3 is 4.74 Å². The summed E-state index contributed by atoms with van der Waals surface area (Å²) >= 11 is 0. The minimum atomic E-state index is -0.241. The first-order valence-electron chi connectivity index (χ1n) is 6.30. The molecule has 0 aromatic heterocycles. The van der Waals surface area contributed by atoms with E-state index in [1.165, 1.54) is 17.7 Å². The standard InChI is InChI=1S/C16H19FO/c1-16(2,3)12-5-4-6-15(11-12)18-14-9-7-13(17)8-10-14/h5,7-11H,4,6H2,1-3H3. The van der Waals surface area contributed by atoms with E-state index in [1.54, 1.807) is 12.1 Å². The van der Waals surface area contributed by atoms with Crippen LogP contribution in [0.1, 0.15) is 33.6 Å². The molecule has 1 aliphatic rings.